The third kappa shape index (κ3) is 4.00. The van der Waals surface area contributed by atoms with E-state index in [2.05, 4.69) is 6.07 Å². The molecule has 0 saturated carbocycles. The molecule has 0 radical (unpaired) electrons. The molecule has 0 bridgehead atoms. The summed E-state index contributed by atoms with van der Waals surface area (Å²) in [7, 11) is 4.69. The number of pyridine rings is 1. The van der Waals surface area contributed by atoms with E-state index in [9.17, 15) is 5.26 Å². The molecule has 0 aliphatic heterocycles. The molecule has 6 nitrogen and oxygen atoms in total. The average molecular weight is 496 g/mol. The van der Waals surface area contributed by atoms with Gasteiger partial charge < -0.3 is 14.2 Å². The van der Waals surface area contributed by atoms with Crippen molar-refractivity contribution in [3.8, 4) is 34.4 Å². The van der Waals surface area contributed by atoms with Crippen molar-refractivity contribution in [3.63, 3.8) is 0 Å². The van der Waals surface area contributed by atoms with E-state index in [0.29, 0.717) is 39.0 Å². The van der Waals surface area contributed by atoms with Gasteiger partial charge in [-0.05, 0) is 59.7 Å². The lowest BCUT2D eigenvalue weighted by Crippen LogP contribution is -2.00. The first-order valence-electron chi connectivity index (χ1n) is 11.2. The monoisotopic (exact) mass is 495 g/mol. The van der Waals surface area contributed by atoms with Gasteiger partial charge in [0.1, 0.15) is 11.6 Å². The van der Waals surface area contributed by atoms with E-state index in [1.54, 1.807) is 21.3 Å². The van der Waals surface area contributed by atoms with E-state index < -0.39 is 0 Å². The third-order valence-electron chi connectivity index (χ3n) is 6.01. The summed E-state index contributed by atoms with van der Waals surface area (Å²) < 4.78 is 18.6. The number of ether oxygens (including phenoxy) is 3. The number of hydrogen-bond donors (Lipinski definition) is 0. The lowest BCUT2D eigenvalue weighted by Gasteiger charge is -2.16. The smallest absolute Gasteiger partial charge is 0.203 e. The summed E-state index contributed by atoms with van der Waals surface area (Å²) in [6.45, 7) is 0. The lowest BCUT2D eigenvalue weighted by molar-refractivity contribution is 0.324. The summed E-state index contributed by atoms with van der Waals surface area (Å²) in [5.41, 5.74) is 6.04. The Kier molecular flexibility index (Phi) is 6.24. The predicted octanol–water partition coefficient (Wildman–Crippen LogP) is 6.88. The summed E-state index contributed by atoms with van der Waals surface area (Å²) >= 11 is 6.05. The highest BCUT2D eigenvalue weighted by Gasteiger charge is 2.20. The number of fused-ring (bicyclic) bond motifs is 3. The lowest BCUT2D eigenvalue weighted by atomic mass is 9.99. The highest BCUT2D eigenvalue weighted by molar-refractivity contribution is 6.30. The molecule has 0 unspecified atom stereocenters. The van der Waals surface area contributed by atoms with Crippen LogP contribution in [0.5, 0.6) is 17.2 Å². The molecule has 0 fully saturated rings. The topological polar surface area (TPSA) is 68.8 Å². The Morgan fingerprint density at radius 2 is 1.58 bits per heavy atom. The maximum atomic E-state index is 10.3. The molecule has 2 heterocycles. The number of methoxy groups -OCH3 is 3. The minimum atomic E-state index is 0.448. The van der Waals surface area contributed by atoms with E-state index in [1.807, 2.05) is 83.3 Å². The zero-order valence-electron chi connectivity index (χ0n) is 19.9. The van der Waals surface area contributed by atoms with Gasteiger partial charge in [0.25, 0.3) is 0 Å². The second kappa shape index (κ2) is 9.65. The first kappa shape index (κ1) is 23.3. The highest BCUT2D eigenvalue weighted by Crippen LogP contribution is 2.42. The summed E-state index contributed by atoms with van der Waals surface area (Å²) in [6, 6.07) is 23.5. The summed E-state index contributed by atoms with van der Waals surface area (Å²) in [6.07, 6.45) is 4.01. The highest BCUT2D eigenvalue weighted by atomic mass is 35.5. The Bertz CT molecular complexity index is 1640. The van der Waals surface area contributed by atoms with Crippen molar-refractivity contribution in [3.05, 3.63) is 88.6 Å². The van der Waals surface area contributed by atoms with E-state index in [1.165, 1.54) is 0 Å². The van der Waals surface area contributed by atoms with E-state index >= 15 is 0 Å². The SMILES string of the molecule is COc1cc(-c2cc(C=Cc3ccc(Cl)cc3)n3c(nc4ccccc43)c2C#N)cc(OC)c1OC. The molecule has 3 aromatic carbocycles. The van der Waals surface area contributed by atoms with Gasteiger partial charge >= 0.3 is 0 Å². The fourth-order valence-corrected chi connectivity index (χ4v) is 4.44. The predicted molar refractivity (Wildman–Crippen MR) is 143 cm³/mol. The fraction of sp³-hybridized carbons (Fsp3) is 0.103. The Hall–Kier alpha value is -4.47. The molecule has 178 valence electrons. The Labute approximate surface area is 213 Å². The molecule has 0 saturated heterocycles. The molecule has 5 rings (SSSR count). The van der Waals surface area contributed by atoms with E-state index in [4.69, 9.17) is 30.8 Å². The van der Waals surface area contributed by atoms with Crippen LogP contribution >= 0.6 is 11.6 Å². The summed E-state index contributed by atoms with van der Waals surface area (Å²) in [5.74, 6) is 1.49. The van der Waals surface area contributed by atoms with Gasteiger partial charge in [0.2, 0.25) is 5.75 Å². The van der Waals surface area contributed by atoms with Gasteiger partial charge in [-0.3, -0.25) is 4.40 Å². The van der Waals surface area contributed by atoms with Crippen LogP contribution in [0.1, 0.15) is 16.8 Å². The second-order valence-corrected chi connectivity index (χ2v) is 8.46. The zero-order chi connectivity index (χ0) is 25.2. The zero-order valence-corrected chi connectivity index (χ0v) is 20.7. The van der Waals surface area contributed by atoms with Crippen molar-refractivity contribution < 1.29 is 14.2 Å². The number of hydrogen-bond acceptors (Lipinski definition) is 5. The molecule has 0 atom stereocenters. The van der Waals surface area contributed by atoms with Crippen LogP contribution < -0.4 is 14.2 Å². The maximum Gasteiger partial charge on any atom is 0.203 e. The number of nitrogens with zero attached hydrogens (tertiary/aromatic N) is 3. The van der Waals surface area contributed by atoms with Gasteiger partial charge in [-0.1, -0.05) is 41.9 Å². The maximum absolute atomic E-state index is 10.3. The van der Waals surface area contributed by atoms with Gasteiger partial charge in [0.15, 0.2) is 17.1 Å². The molecule has 36 heavy (non-hydrogen) atoms. The third-order valence-corrected chi connectivity index (χ3v) is 6.26. The standard InChI is InChI=1S/C29H22ClN3O3/c1-34-26-14-19(15-27(35-2)28(26)36-3)22-16-21(13-10-18-8-11-20(30)12-9-18)33-25-7-5-4-6-24(25)32-29(33)23(22)17-31/h4-16H,1-3H3. The van der Waals surface area contributed by atoms with Crippen LogP contribution in [0.4, 0.5) is 0 Å². The van der Waals surface area contributed by atoms with Gasteiger partial charge in [-0.15, -0.1) is 0 Å². The number of aromatic nitrogens is 2. The summed E-state index contributed by atoms with van der Waals surface area (Å²) in [5, 5.41) is 10.9. The minimum Gasteiger partial charge on any atom is -0.493 e. The molecule has 0 aliphatic carbocycles. The largest absolute Gasteiger partial charge is 0.493 e. The Morgan fingerprint density at radius 3 is 2.22 bits per heavy atom. The van der Waals surface area contributed by atoms with E-state index in [0.717, 1.165) is 27.9 Å². The van der Waals surface area contributed by atoms with Crippen LogP contribution in [-0.4, -0.2) is 30.7 Å². The molecule has 0 spiro atoms. The normalized spacial score (nSPS) is 11.2. The number of nitriles is 1. The van der Waals surface area contributed by atoms with Crippen LogP contribution in [0.25, 0.3) is 40.0 Å². The fourth-order valence-electron chi connectivity index (χ4n) is 4.31. The number of halogens is 1. The molecular formula is C29H22ClN3O3. The van der Waals surface area contributed by atoms with Crippen molar-refractivity contribution in [2.24, 2.45) is 0 Å². The van der Waals surface area contributed by atoms with Gasteiger partial charge in [-0.25, -0.2) is 4.98 Å². The van der Waals surface area contributed by atoms with Crippen LogP contribution in [0.15, 0.2) is 66.7 Å². The molecule has 5 aromatic rings. The van der Waals surface area contributed by atoms with Crippen LogP contribution in [-0.2, 0) is 0 Å². The molecule has 0 amide bonds. The van der Waals surface area contributed by atoms with Crippen molar-refractivity contribution in [2.45, 2.75) is 0 Å². The molecule has 0 aliphatic rings. The van der Waals surface area contributed by atoms with Crippen molar-refractivity contribution >= 4 is 40.4 Å². The van der Waals surface area contributed by atoms with Crippen molar-refractivity contribution in [2.75, 3.05) is 21.3 Å². The van der Waals surface area contributed by atoms with E-state index in [-0.39, 0.29) is 0 Å². The van der Waals surface area contributed by atoms with Crippen molar-refractivity contribution in [1.29, 1.82) is 5.26 Å². The number of benzene rings is 3. The quantitative estimate of drug-likeness (QED) is 0.257. The molecule has 0 N–H and O–H groups in total. The van der Waals surface area contributed by atoms with Crippen LogP contribution in [0, 0.1) is 11.3 Å². The van der Waals surface area contributed by atoms with Crippen LogP contribution in [0.2, 0.25) is 5.02 Å². The summed E-state index contributed by atoms with van der Waals surface area (Å²) in [4.78, 5) is 4.82. The van der Waals surface area contributed by atoms with Crippen LogP contribution in [0.3, 0.4) is 0 Å². The number of imidazole rings is 1. The molecule has 7 heteroatoms. The van der Waals surface area contributed by atoms with Gasteiger partial charge in [0, 0.05) is 16.3 Å². The minimum absolute atomic E-state index is 0.448. The average Bonchev–Trinajstić information content (AvgIpc) is 3.31. The first-order valence-corrected chi connectivity index (χ1v) is 11.5. The Balaban J connectivity index is 1.82. The number of para-hydroxylation sites is 2. The van der Waals surface area contributed by atoms with Gasteiger partial charge in [0.05, 0.1) is 32.4 Å². The van der Waals surface area contributed by atoms with Crippen molar-refractivity contribution in [1.82, 2.24) is 9.38 Å². The number of rotatable bonds is 6. The molecular weight excluding hydrogens is 474 g/mol. The first-order chi connectivity index (χ1) is 17.6. The Morgan fingerprint density at radius 1 is 0.889 bits per heavy atom. The molecule has 2 aromatic heterocycles. The second-order valence-electron chi connectivity index (χ2n) is 8.03. The van der Waals surface area contributed by atoms with Gasteiger partial charge in [-0.2, -0.15) is 5.26 Å².